The van der Waals surface area contributed by atoms with Gasteiger partial charge in [-0.15, -0.1) is 0 Å². The lowest BCUT2D eigenvalue weighted by atomic mass is 10.1. The van der Waals surface area contributed by atoms with Crippen LogP contribution in [0.5, 0.6) is 5.75 Å². The van der Waals surface area contributed by atoms with E-state index in [9.17, 15) is 9.90 Å². The molecular formula is C14H21NO3. The molecular weight excluding hydrogens is 230 g/mol. The van der Waals surface area contributed by atoms with Crippen LogP contribution in [0.4, 0.5) is 0 Å². The Morgan fingerprint density at radius 3 is 2.78 bits per heavy atom. The van der Waals surface area contributed by atoms with E-state index in [1.807, 2.05) is 0 Å². The fourth-order valence-electron chi connectivity index (χ4n) is 1.41. The summed E-state index contributed by atoms with van der Waals surface area (Å²) in [5.74, 6) is 0.437. The molecule has 1 amide bonds. The summed E-state index contributed by atoms with van der Waals surface area (Å²) in [5.41, 5.74) is 1.22. The molecule has 2 N–H and O–H groups in total. The first-order valence-electron chi connectivity index (χ1n) is 6.16. The SMILES string of the molecule is Cc1ccc(C(=O)NCCOCC(C)C)cc1O. The van der Waals surface area contributed by atoms with Crippen LogP contribution in [0.25, 0.3) is 0 Å². The summed E-state index contributed by atoms with van der Waals surface area (Å²) < 4.78 is 5.36. The lowest BCUT2D eigenvalue weighted by Crippen LogP contribution is -2.27. The van der Waals surface area contributed by atoms with Gasteiger partial charge in [-0.25, -0.2) is 0 Å². The third-order valence-electron chi connectivity index (χ3n) is 2.45. The molecule has 0 fully saturated rings. The summed E-state index contributed by atoms with van der Waals surface area (Å²) in [4.78, 5) is 11.7. The summed E-state index contributed by atoms with van der Waals surface area (Å²) in [5, 5.41) is 12.3. The van der Waals surface area contributed by atoms with Crippen LogP contribution in [0, 0.1) is 12.8 Å². The van der Waals surface area contributed by atoms with Gasteiger partial charge in [0.05, 0.1) is 6.61 Å². The van der Waals surface area contributed by atoms with Crippen molar-refractivity contribution in [3.63, 3.8) is 0 Å². The fraction of sp³-hybridized carbons (Fsp3) is 0.500. The zero-order chi connectivity index (χ0) is 13.5. The lowest BCUT2D eigenvalue weighted by Gasteiger charge is -2.08. The van der Waals surface area contributed by atoms with Crippen molar-refractivity contribution in [3.05, 3.63) is 29.3 Å². The zero-order valence-electron chi connectivity index (χ0n) is 11.2. The molecule has 0 saturated heterocycles. The lowest BCUT2D eigenvalue weighted by molar-refractivity contribution is 0.0886. The number of nitrogens with one attached hydrogen (secondary N) is 1. The van der Waals surface area contributed by atoms with Gasteiger partial charge in [0.15, 0.2) is 0 Å². The van der Waals surface area contributed by atoms with Gasteiger partial charge in [-0.2, -0.15) is 0 Å². The second-order valence-electron chi connectivity index (χ2n) is 4.73. The molecule has 1 aromatic carbocycles. The first kappa shape index (κ1) is 14.5. The van der Waals surface area contributed by atoms with E-state index in [0.717, 1.165) is 5.56 Å². The van der Waals surface area contributed by atoms with Crippen molar-refractivity contribution in [2.45, 2.75) is 20.8 Å². The fourth-order valence-corrected chi connectivity index (χ4v) is 1.41. The van der Waals surface area contributed by atoms with E-state index in [-0.39, 0.29) is 11.7 Å². The van der Waals surface area contributed by atoms with Crippen molar-refractivity contribution < 1.29 is 14.6 Å². The highest BCUT2D eigenvalue weighted by atomic mass is 16.5. The largest absolute Gasteiger partial charge is 0.508 e. The summed E-state index contributed by atoms with van der Waals surface area (Å²) >= 11 is 0. The average Bonchev–Trinajstić information content (AvgIpc) is 2.31. The van der Waals surface area contributed by atoms with Gasteiger partial charge in [0, 0.05) is 18.7 Å². The molecule has 0 aliphatic rings. The third-order valence-corrected chi connectivity index (χ3v) is 2.45. The van der Waals surface area contributed by atoms with Gasteiger partial charge >= 0.3 is 0 Å². The number of aromatic hydroxyl groups is 1. The molecule has 0 aliphatic heterocycles. The van der Waals surface area contributed by atoms with Crippen molar-refractivity contribution in [1.82, 2.24) is 5.32 Å². The van der Waals surface area contributed by atoms with E-state index < -0.39 is 0 Å². The standard InChI is InChI=1S/C14H21NO3/c1-10(2)9-18-7-6-15-14(17)12-5-4-11(3)13(16)8-12/h4-5,8,10,16H,6-7,9H2,1-3H3,(H,15,17). The number of aryl methyl sites for hydroxylation is 1. The summed E-state index contributed by atoms with van der Waals surface area (Å²) in [6, 6.07) is 4.89. The topological polar surface area (TPSA) is 58.6 Å². The van der Waals surface area contributed by atoms with Crippen LogP contribution in [-0.2, 0) is 4.74 Å². The quantitative estimate of drug-likeness (QED) is 0.761. The molecule has 0 bridgehead atoms. The number of hydrogen-bond donors (Lipinski definition) is 2. The molecule has 18 heavy (non-hydrogen) atoms. The van der Waals surface area contributed by atoms with Crippen LogP contribution in [-0.4, -0.2) is 30.8 Å². The van der Waals surface area contributed by atoms with Crippen LogP contribution >= 0.6 is 0 Å². The Morgan fingerprint density at radius 2 is 2.17 bits per heavy atom. The molecule has 4 heteroatoms. The van der Waals surface area contributed by atoms with E-state index in [4.69, 9.17) is 4.74 Å². The minimum absolute atomic E-state index is 0.138. The number of ether oxygens (including phenoxy) is 1. The Kier molecular flexibility index (Phi) is 5.65. The van der Waals surface area contributed by atoms with Crippen molar-refractivity contribution in [3.8, 4) is 5.75 Å². The molecule has 1 aromatic rings. The number of carbonyl (C=O) groups is 1. The minimum atomic E-state index is -0.196. The normalized spacial score (nSPS) is 10.7. The highest BCUT2D eigenvalue weighted by Gasteiger charge is 2.06. The number of hydrogen-bond acceptors (Lipinski definition) is 3. The van der Waals surface area contributed by atoms with Crippen molar-refractivity contribution in [1.29, 1.82) is 0 Å². The number of phenols is 1. The Morgan fingerprint density at radius 1 is 1.44 bits per heavy atom. The summed E-state index contributed by atoms with van der Waals surface area (Å²) in [6.45, 7) is 7.61. The summed E-state index contributed by atoms with van der Waals surface area (Å²) in [7, 11) is 0. The van der Waals surface area contributed by atoms with E-state index in [1.165, 1.54) is 6.07 Å². The molecule has 0 aromatic heterocycles. The van der Waals surface area contributed by atoms with Crippen LogP contribution in [0.2, 0.25) is 0 Å². The van der Waals surface area contributed by atoms with Crippen LogP contribution in [0.1, 0.15) is 29.8 Å². The Balaban J connectivity index is 2.34. The molecule has 0 unspecified atom stereocenters. The molecule has 0 saturated carbocycles. The molecule has 0 spiro atoms. The van der Waals surface area contributed by atoms with Crippen LogP contribution in [0.15, 0.2) is 18.2 Å². The maximum absolute atomic E-state index is 11.7. The van der Waals surface area contributed by atoms with Gasteiger partial charge in [0.2, 0.25) is 0 Å². The molecule has 0 atom stereocenters. The molecule has 100 valence electrons. The Bertz CT molecular complexity index is 402. The first-order chi connectivity index (χ1) is 8.50. The van der Waals surface area contributed by atoms with Crippen molar-refractivity contribution >= 4 is 5.91 Å². The number of rotatable bonds is 6. The maximum atomic E-state index is 11.7. The van der Waals surface area contributed by atoms with E-state index in [2.05, 4.69) is 19.2 Å². The number of carbonyl (C=O) groups excluding carboxylic acids is 1. The van der Waals surface area contributed by atoms with E-state index in [0.29, 0.717) is 31.2 Å². The second-order valence-corrected chi connectivity index (χ2v) is 4.73. The van der Waals surface area contributed by atoms with Gasteiger partial charge in [-0.05, 0) is 30.5 Å². The Labute approximate surface area is 108 Å². The van der Waals surface area contributed by atoms with Crippen molar-refractivity contribution in [2.24, 2.45) is 5.92 Å². The highest BCUT2D eigenvalue weighted by molar-refractivity contribution is 5.94. The molecule has 0 aliphatic carbocycles. The molecule has 0 heterocycles. The Hall–Kier alpha value is -1.55. The molecule has 4 nitrogen and oxygen atoms in total. The van der Waals surface area contributed by atoms with Crippen LogP contribution < -0.4 is 5.32 Å². The smallest absolute Gasteiger partial charge is 0.251 e. The predicted octanol–water partition coefficient (Wildman–Crippen LogP) is 2.10. The molecule has 1 rings (SSSR count). The monoisotopic (exact) mass is 251 g/mol. The van der Waals surface area contributed by atoms with Gasteiger partial charge in [-0.3, -0.25) is 4.79 Å². The van der Waals surface area contributed by atoms with E-state index in [1.54, 1.807) is 19.1 Å². The van der Waals surface area contributed by atoms with Gasteiger partial charge in [-0.1, -0.05) is 19.9 Å². The number of benzene rings is 1. The number of phenolic OH excluding ortho intramolecular Hbond substituents is 1. The highest BCUT2D eigenvalue weighted by Crippen LogP contribution is 2.17. The predicted molar refractivity (Wildman–Crippen MR) is 70.8 cm³/mol. The third kappa shape index (κ3) is 4.75. The first-order valence-corrected chi connectivity index (χ1v) is 6.16. The van der Waals surface area contributed by atoms with Gasteiger partial charge in [0.1, 0.15) is 5.75 Å². The minimum Gasteiger partial charge on any atom is -0.508 e. The van der Waals surface area contributed by atoms with Crippen molar-refractivity contribution in [2.75, 3.05) is 19.8 Å². The van der Waals surface area contributed by atoms with Gasteiger partial charge < -0.3 is 15.2 Å². The van der Waals surface area contributed by atoms with E-state index >= 15 is 0 Å². The summed E-state index contributed by atoms with van der Waals surface area (Å²) in [6.07, 6.45) is 0. The number of amides is 1. The zero-order valence-corrected chi connectivity index (χ0v) is 11.2. The second kappa shape index (κ2) is 7.01. The van der Waals surface area contributed by atoms with Crippen LogP contribution in [0.3, 0.4) is 0 Å². The average molecular weight is 251 g/mol. The van der Waals surface area contributed by atoms with Gasteiger partial charge in [0.25, 0.3) is 5.91 Å². The maximum Gasteiger partial charge on any atom is 0.251 e. The molecule has 0 radical (unpaired) electrons.